The van der Waals surface area contributed by atoms with Crippen LogP contribution in [0.3, 0.4) is 0 Å². The molecule has 0 aromatic heterocycles. The first-order chi connectivity index (χ1) is 15.2. The van der Waals surface area contributed by atoms with Crippen LogP contribution < -0.4 is 5.32 Å². The molecule has 3 nitrogen and oxygen atoms in total. The number of nitrogens with one attached hydrogen (secondary N) is 2. The first kappa shape index (κ1) is 27.2. The van der Waals surface area contributed by atoms with Gasteiger partial charge < -0.3 is 15.5 Å². The molecule has 2 aliphatic rings. The summed E-state index contributed by atoms with van der Waals surface area (Å²) in [4.78, 5) is 1.13. The first-order valence-electron chi connectivity index (χ1n) is 11.6. The highest BCUT2D eigenvalue weighted by Crippen LogP contribution is 2.37. The minimum Gasteiger partial charge on any atom is -0.360 e. The molecule has 31 heavy (non-hydrogen) atoms. The van der Waals surface area contributed by atoms with Gasteiger partial charge in [-0.15, -0.1) is 11.8 Å². The summed E-state index contributed by atoms with van der Waals surface area (Å²) in [5.41, 5.74) is 3.21. The second-order valence-corrected chi connectivity index (χ2v) is 8.09. The summed E-state index contributed by atoms with van der Waals surface area (Å²) in [5.74, 6) is 1.61. The molecule has 172 valence electrons. The van der Waals surface area contributed by atoms with Gasteiger partial charge in [0.05, 0.1) is 0 Å². The molecule has 0 spiro atoms. The zero-order chi connectivity index (χ0) is 23.1. The number of para-hydroxylation sites is 1. The number of rotatable bonds is 3. The summed E-state index contributed by atoms with van der Waals surface area (Å²) >= 11 is 1.77. The number of hydrogen-bond donors (Lipinski definition) is 2. The van der Waals surface area contributed by atoms with Crippen LogP contribution >= 0.6 is 11.8 Å². The van der Waals surface area contributed by atoms with Gasteiger partial charge in [0.1, 0.15) is 12.0 Å². The van der Waals surface area contributed by atoms with Gasteiger partial charge in [0.25, 0.3) is 0 Å². The van der Waals surface area contributed by atoms with E-state index in [1.165, 1.54) is 24.6 Å². The van der Waals surface area contributed by atoms with E-state index in [-0.39, 0.29) is 12.0 Å². The molecule has 2 aliphatic heterocycles. The maximum atomic E-state index is 12.8. The number of halogens is 1. The lowest BCUT2D eigenvalue weighted by atomic mass is 9.98. The second-order valence-electron chi connectivity index (χ2n) is 6.95. The Kier molecular flexibility index (Phi) is 13.9. The highest BCUT2D eigenvalue weighted by Gasteiger charge is 2.16. The summed E-state index contributed by atoms with van der Waals surface area (Å²) in [6.07, 6.45) is 6.11. The summed E-state index contributed by atoms with van der Waals surface area (Å²) in [6, 6.07) is 12.9. The van der Waals surface area contributed by atoms with Gasteiger partial charge in [-0.25, -0.2) is 4.39 Å². The van der Waals surface area contributed by atoms with Crippen LogP contribution in [0.2, 0.25) is 0 Å². The fourth-order valence-electron chi connectivity index (χ4n) is 3.32. The van der Waals surface area contributed by atoms with Crippen molar-refractivity contribution in [2.45, 2.75) is 77.3 Å². The van der Waals surface area contributed by atoms with Gasteiger partial charge in [-0.05, 0) is 61.1 Å². The van der Waals surface area contributed by atoms with Crippen LogP contribution in [-0.4, -0.2) is 24.8 Å². The number of anilines is 1. The predicted octanol–water partition coefficient (Wildman–Crippen LogP) is 8.10. The third-order valence-corrected chi connectivity index (χ3v) is 6.03. The lowest BCUT2D eigenvalue weighted by Gasteiger charge is -2.25. The van der Waals surface area contributed by atoms with Gasteiger partial charge in [-0.2, -0.15) is 0 Å². The Balaban J connectivity index is 0.000000272. The maximum absolute atomic E-state index is 12.8. The number of fused-ring (bicyclic) bond motifs is 1. The molecule has 0 radical (unpaired) electrons. The molecule has 1 fully saturated rings. The van der Waals surface area contributed by atoms with Crippen LogP contribution in [0.4, 0.5) is 10.1 Å². The molecule has 2 N–H and O–H groups in total. The van der Waals surface area contributed by atoms with E-state index in [1.807, 2.05) is 58.0 Å². The van der Waals surface area contributed by atoms with E-state index < -0.39 is 0 Å². The molecule has 2 heterocycles. The standard InChI is InChI=1S/C12H16N2O.C10H11FS.2C2H6/c13-9-10-5-1-2-6-11(10)14-12-7-3-4-8-15-12;1-7-4-5-12-10-6-8(11)2-3-9(7)10;2*1-2/h1-2,5-6,9,12-14H,3-4,7-8H2;2-3,6-7H,4-5H2,1H3;2*1-2H3. The SMILES string of the molecule is CC.CC.CC1CCSc2cc(F)ccc21.N=Cc1ccccc1NC1CCCCO1. The third-order valence-electron chi connectivity index (χ3n) is 4.93. The van der Waals surface area contributed by atoms with Crippen LogP contribution in [0.5, 0.6) is 0 Å². The summed E-state index contributed by atoms with van der Waals surface area (Å²) < 4.78 is 18.4. The topological polar surface area (TPSA) is 45.1 Å². The average Bonchev–Trinajstić information content (AvgIpc) is 2.83. The number of thioether (sulfide) groups is 1. The average molecular weight is 447 g/mol. The van der Waals surface area contributed by atoms with Crippen LogP contribution in [0.25, 0.3) is 0 Å². The normalized spacial score (nSPS) is 19.0. The van der Waals surface area contributed by atoms with Gasteiger partial charge in [-0.3, -0.25) is 0 Å². The predicted molar refractivity (Wildman–Crippen MR) is 134 cm³/mol. The highest BCUT2D eigenvalue weighted by molar-refractivity contribution is 7.99. The molecule has 2 atom stereocenters. The molecule has 0 bridgehead atoms. The first-order valence-corrected chi connectivity index (χ1v) is 12.6. The molecule has 0 aliphatic carbocycles. The van der Waals surface area contributed by atoms with Gasteiger partial charge in [-0.1, -0.05) is 58.9 Å². The minimum absolute atomic E-state index is 0.111. The van der Waals surface area contributed by atoms with Crippen LogP contribution in [0.1, 0.15) is 77.3 Å². The van der Waals surface area contributed by atoms with E-state index in [0.29, 0.717) is 5.92 Å². The summed E-state index contributed by atoms with van der Waals surface area (Å²) in [5, 5.41) is 10.6. The molecule has 2 aromatic rings. The molecular formula is C26H39FN2OS. The zero-order valence-corrected chi connectivity index (χ0v) is 20.5. The Labute approximate surface area is 192 Å². The smallest absolute Gasteiger partial charge is 0.127 e. The van der Waals surface area contributed by atoms with Gasteiger partial charge in [0.15, 0.2) is 0 Å². The molecule has 2 unspecified atom stereocenters. The molecular weight excluding hydrogens is 407 g/mol. The Bertz CT molecular complexity index is 763. The van der Waals surface area contributed by atoms with Crippen molar-refractivity contribution in [2.24, 2.45) is 0 Å². The van der Waals surface area contributed by atoms with Crippen molar-refractivity contribution >= 4 is 23.7 Å². The van der Waals surface area contributed by atoms with Gasteiger partial charge >= 0.3 is 0 Å². The maximum Gasteiger partial charge on any atom is 0.127 e. The van der Waals surface area contributed by atoms with Gasteiger partial charge in [0.2, 0.25) is 0 Å². The largest absolute Gasteiger partial charge is 0.360 e. The summed E-state index contributed by atoms with van der Waals surface area (Å²) in [7, 11) is 0. The monoisotopic (exact) mass is 446 g/mol. The van der Waals surface area contributed by atoms with Crippen molar-refractivity contribution in [3.8, 4) is 0 Å². The molecule has 2 aromatic carbocycles. The van der Waals surface area contributed by atoms with E-state index in [0.717, 1.165) is 41.3 Å². The molecule has 5 heteroatoms. The van der Waals surface area contributed by atoms with Crippen LogP contribution in [-0.2, 0) is 4.74 Å². The Morgan fingerprint density at radius 3 is 2.48 bits per heavy atom. The van der Waals surface area contributed by atoms with Crippen LogP contribution in [0.15, 0.2) is 47.4 Å². The quantitative estimate of drug-likeness (QED) is 0.468. The molecule has 1 saturated heterocycles. The third kappa shape index (κ3) is 9.04. The Morgan fingerprint density at radius 2 is 1.81 bits per heavy atom. The fourth-order valence-corrected chi connectivity index (χ4v) is 4.65. The van der Waals surface area contributed by atoms with E-state index in [4.69, 9.17) is 10.1 Å². The van der Waals surface area contributed by atoms with Crippen molar-refractivity contribution in [3.63, 3.8) is 0 Å². The molecule has 0 saturated carbocycles. The van der Waals surface area contributed by atoms with Crippen molar-refractivity contribution < 1.29 is 9.13 Å². The minimum atomic E-state index is -0.115. The Hall–Kier alpha value is -1.85. The number of benzene rings is 2. The second kappa shape index (κ2) is 15.9. The zero-order valence-electron chi connectivity index (χ0n) is 19.7. The van der Waals surface area contributed by atoms with Crippen molar-refractivity contribution in [1.82, 2.24) is 0 Å². The highest BCUT2D eigenvalue weighted by atomic mass is 32.2. The van der Waals surface area contributed by atoms with Crippen molar-refractivity contribution in [2.75, 3.05) is 17.7 Å². The summed E-state index contributed by atoms with van der Waals surface area (Å²) in [6.45, 7) is 11.0. The Morgan fingerprint density at radius 1 is 1.06 bits per heavy atom. The van der Waals surface area contributed by atoms with E-state index in [1.54, 1.807) is 23.9 Å². The van der Waals surface area contributed by atoms with Gasteiger partial charge in [0, 0.05) is 29.0 Å². The molecule has 0 amide bonds. The van der Waals surface area contributed by atoms with E-state index in [9.17, 15) is 4.39 Å². The van der Waals surface area contributed by atoms with E-state index in [2.05, 4.69) is 12.2 Å². The number of ether oxygens (including phenoxy) is 1. The molecule has 4 rings (SSSR count). The lowest BCUT2D eigenvalue weighted by Crippen LogP contribution is -2.27. The van der Waals surface area contributed by atoms with Crippen molar-refractivity contribution in [1.29, 1.82) is 5.41 Å². The van der Waals surface area contributed by atoms with Crippen molar-refractivity contribution in [3.05, 3.63) is 59.4 Å². The lowest BCUT2D eigenvalue weighted by molar-refractivity contribution is 0.0343. The fraction of sp³-hybridized carbons (Fsp3) is 0.500. The van der Waals surface area contributed by atoms with E-state index >= 15 is 0 Å². The van der Waals surface area contributed by atoms with Crippen LogP contribution in [0, 0.1) is 11.2 Å². The number of hydrogen-bond acceptors (Lipinski definition) is 4.